The summed E-state index contributed by atoms with van der Waals surface area (Å²) in [4.78, 5) is 12.0. The fourth-order valence-corrected chi connectivity index (χ4v) is 1.84. The minimum Gasteiger partial charge on any atom is -0.455 e. The predicted molar refractivity (Wildman–Crippen MR) is 74.0 cm³/mol. The molecule has 0 spiro atoms. The van der Waals surface area contributed by atoms with Crippen LogP contribution in [0, 0.1) is 12.8 Å². The van der Waals surface area contributed by atoms with Gasteiger partial charge in [-0.2, -0.15) is 0 Å². The average Bonchev–Trinajstić information content (AvgIpc) is 2.65. The van der Waals surface area contributed by atoms with Crippen LogP contribution in [0.1, 0.15) is 63.6 Å². The number of carbonyl (C=O) groups is 1. The third kappa shape index (κ3) is 4.33. The molecule has 0 aliphatic rings. The molecule has 19 heavy (non-hydrogen) atoms. The number of nitrogens with zero attached hydrogens (tertiary/aromatic N) is 3. The van der Waals surface area contributed by atoms with Gasteiger partial charge in [-0.3, -0.25) is 0 Å². The first-order valence-electron chi connectivity index (χ1n) is 6.91. The molecule has 108 valence electrons. The van der Waals surface area contributed by atoms with Crippen LogP contribution < -0.4 is 0 Å². The van der Waals surface area contributed by atoms with Crippen LogP contribution in [0.4, 0.5) is 0 Å². The maximum absolute atomic E-state index is 12.0. The van der Waals surface area contributed by atoms with Crippen molar-refractivity contribution in [3.63, 3.8) is 0 Å². The Hall–Kier alpha value is -1.39. The molecule has 0 aromatic carbocycles. The van der Waals surface area contributed by atoms with Gasteiger partial charge in [-0.15, -0.1) is 5.10 Å². The second kappa shape index (κ2) is 6.17. The lowest BCUT2D eigenvalue weighted by atomic mass is 10.0. The first kappa shape index (κ1) is 15.7. The van der Waals surface area contributed by atoms with Crippen molar-refractivity contribution in [2.24, 2.45) is 5.92 Å². The first-order chi connectivity index (χ1) is 8.78. The molecule has 0 aliphatic carbocycles. The van der Waals surface area contributed by atoms with Crippen LogP contribution in [0.15, 0.2) is 0 Å². The average molecular weight is 267 g/mol. The predicted octanol–water partition coefficient (Wildman–Crippen LogP) is 2.98. The smallest absolute Gasteiger partial charge is 0.361 e. The van der Waals surface area contributed by atoms with Gasteiger partial charge in [0.1, 0.15) is 5.60 Å². The van der Waals surface area contributed by atoms with E-state index < -0.39 is 11.6 Å². The second-order valence-electron chi connectivity index (χ2n) is 5.89. The molecular weight excluding hydrogens is 242 g/mol. The minimum absolute atomic E-state index is 0.320. The van der Waals surface area contributed by atoms with Gasteiger partial charge in [0.25, 0.3) is 0 Å². The van der Waals surface area contributed by atoms with Crippen molar-refractivity contribution in [3.8, 4) is 0 Å². The van der Waals surface area contributed by atoms with Gasteiger partial charge >= 0.3 is 5.97 Å². The van der Waals surface area contributed by atoms with Crippen molar-refractivity contribution >= 4 is 5.97 Å². The summed E-state index contributed by atoms with van der Waals surface area (Å²) in [6, 6.07) is 0. The van der Waals surface area contributed by atoms with Crippen LogP contribution in [0.25, 0.3) is 0 Å². The summed E-state index contributed by atoms with van der Waals surface area (Å²) in [5.41, 5.74) is 0.588. The summed E-state index contributed by atoms with van der Waals surface area (Å²) in [6.45, 7) is 12.5. The molecule has 0 fully saturated rings. The Morgan fingerprint density at radius 1 is 1.32 bits per heavy atom. The molecule has 0 atom stereocenters. The van der Waals surface area contributed by atoms with Crippen molar-refractivity contribution in [3.05, 3.63) is 11.4 Å². The number of hydrogen-bond acceptors (Lipinski definition) is 4. The molecule has 0 saturated heterocycles. The van der Waals surface area contributed by atoms with Crippen molar-refractivity contribution in [2.75, 3.05) is 0 Å². The maximum atomic E-state index is 12.0. The van der Waals surface area contributed by atoms with Gasteiger partial charge in [-0.25, -0.2) is 9.48 Å². The van der Waals surface area contributed by atoms with Gasteiger partial charge in [-0.05, 0) is 33.6 Å². The number of hydrogen-bond donors (Lipinski definition) is 0. The molecule has 5 nitrogen and oxygen atoms in total. The Bertz CT molecular complexity index is 428. The van der Waals surface area contributed by atoms with Crippen molar-refractivity contribution < 1.29 is 9.53 Å². The monoisotopic (exact) mass is 267 g/mol. The third-order valence-electron chi connectivity index (χ3n) is 3.16. The molecule has 1 aromatic heterocycles. The fourth-order valence-electron chi connectivity index (χ4n) is 1.84. The van der Waals surface area contributed by atoms with E-state index in [2.05, 4.69) is 24.2 Å². The zero-order valence-corrected chi connectivity index (χ0v) is 12.9. The summed E-state index contributed by atoms with van der Waals surface area (Å²) in [5, 5.41) is 8.03. The molecule has 0 aliphatic heterocycles. The van der Waals surface area contributed by atoms with Crippen molar-refractivity contribution in [1.29, 1.82) is 0 Å². The molecule has 0 amide bonds. The van der Waals surface area contributed by atoms with Crippen LogP contribution in [-0.2, 0) is 11.3 Å². The molecule has 1 aromatic rings. The second-order valence-corrected chi connectivity index (χ2v) is 5.89. The van der Waals surface area contributed by atoms with Crippen LogP contribution in [0.5, 0.6) is 0 Å². The minimum atomic E-state index is -0.511. The molecule has 0 unspecified atom stereocenters. The molecular formula is C14H25N3O2. The Labute approximate surface area is 115 Å². The fraction of sp³-hybridized carbons (Fsp3) is 0.786. The SMILES string of the molecule is CCC(CC)Cn1nnc(C(=O)OC(C)(C)C)c1C. The summed E-state index contributed by atoms with van der Waals surface area (Å²) in [5.74, 6) is 0.160. The van der Waals surface area contributed by atoms with E-state index in [0.717, 1.165) is 25.1 Å². The van der Waals surface area contributed by atoms with Crippen LogP contribution in [0.2, 0.25) is 0 Å². The number of esters is 1. The lowest BCUT2D eigenvalue weighted by Crippen LogP contribution is -2.24. The standard InChI is InChI=1S/C14H25N3O2/c1-7-11(8-2)9-17-10(3)12(15-16-17)13(18)19-14(4,5)6/h11H,7-9H2,1-6H3. The normalized spacial score (nSPS) is 11.9. The molecule has 0 saturated carbocycles. The molecule has 0 bridgehead atoms. The van der Waals surface area contributed by atoms with Gasteiger partial charge < -0.3 is 4.74 Å². The zero-order valence-electron chi connectivity index (χ0n) is 12.9. The van der Waals surface area contributed by atoms with Crippen LogP contribution >= 0.6 is 0 Å². The lowest BCUT2D eigenvalue weighted by molar-refractivity contribution is 0.00618. The highest BCUT2D eigenvalue weighted by atomic mass is 16.6. The maximum Gasteiger partial charge on any atom is 0.361 e. The van der Waals surface area contributed by atoms with Gasteiger partial charge in [0.2, 0.25) is 0 Å². The number of aromatic nitrogens is 3. The van der Waals surface area contributed by atoms with E-state index in [9.17, 15) is 4.79 Å². The highest BCUT2D eigenvalue weighted by Gasteiger charge is 2.23. The van der Waals surface area contributed by atoms with E-state index in [4.69, 9.17) is 4.74 Å². The zero-order chi connectivity index (χ0) is 14.6. The molecule has 0 N–H and O–H groups in total. The van der Waals surface area contributed by atoms with Crippen molar-refractivity contribution in [1.82, 2.24) is 15.0 Å². The highest BCUT2D eigenvalue weighted by molar-refractivity contribution is 5.88. The Morgan fingerprint density at radius 2 is 1.89 bits per heavy atom. The molecule has 0 radical (unpaired) electrons. The Balaban J connectivity index is 2.84. The number of carbonyl (C=O) groups excluding carboxylic acids is 1. The third-order valence-corrected chi connectivity index (χ3v) is 3.16. The van der Waals surface area contributed by atoms with E-state index in [0.29, 0.717) is 11.6 Å². The van der Waals surface area contributed by atoms with Crippen molar-refractivity contribution in [2.45, 2.75) is 66.5 Å². The van der Waals surface area contributed by atoms with Crippen LogP contribution in [-0.4, -0.2) is 26.6 Å². The van der Waals surface area contributed by atoms with Gasteiger partial charge in [0.15, 0.2) is 5.69 Å². The topological polar surface area (TPSA) is 57.0 Å². The van der Waals surface area contributed by atoms with E-state index in [-0.39, 0.29) is 0 Å². The van der Waals surface area contributed by atoms with E-state index in [1.807, 2.05) is 27.7 Å². The summed E-state index contributed by atoms with van der Waals surface area (Å²) in [6.07, 6.45) is 2.19. The Kier molecular flexibility index (Phi) is 5.09. The number of rotatable bonds is 5. The number of ether oxygens (including phenoxy) is 1. The first-order valence-corrected chi connectivity index (χ1v) is 6.91. The van der Waals surface area contributed by atoms with Crippen LogP contribution in [0.3, 0.4) is 0 Å². The molecule has 1 rings (SSSR count). The summed E-state index contributed by atoms with van der Waals surface area (Å²) in [7, 11) is 0. The quantitative estimate of drug-likeness (QED) is 0.770. The van der Waals surface area contributed by atoms with E-state index in [1.165, 1.54) is 0 Å². The lowest BCUT2D eigenvalue weighted by Gasteiger charge is -2.18. The molecule has 1 heterocycles. The Morgan fingerprint density at radius 3 is 2.37 bits per heavy atom. The van der Waals surface area contributed by atoms with Gasteiger partial charge in [0, 0.05) is 6.54 Å². The van der Waals surface area contributed by atoms with E-state index >= 15 is 0 Å². The molecule has 5 heteroatoms. The summed E-state index contributed by atoms with van der Waals surface area (Å²) >= 11 is 0. The van der Waals surface area contributed by atoms with Gasteiger partial charge in [0.05, 0.1) is 5.69 Å². The largest absolute Gasteiger partial charge is 0.455 e. The highest BCUT2D eigenvalue weighted by Crippen LogP contribution is 2.16. The van der Waals surface area contributed by atoms with E-state index in [1.54, 1.807) is 4.68 Å². The van der Waals surface area contributed by atoms with Gasteiger partial charge in [-0.1, -0.05) is 31.9 Å². The summed E-state index contributed by atoms with van der Waals surface area (Å²) < 4.78 is 7.12.